The van der Waals surface area contributed by atoms with Crippen molar-refractivity contribution in [1.82, 2.24) is 0 Å². The van der Waals surface area contributed by atoms with Gasteiger partial charge in [0.25, 0.3) is 0 Å². The zero-order chi connectivity index (χ0) is 12.8. The van der Waals surface area contributed by atoms with Crippen LogP contribution in [0, 0.1) is 0 Å². The fourth-order valence-electron chi connectivity index (χ4n) is 2.16. The van der Waals surface area contributed by atoms with Gasteiger partial charge in [0.2, 0.25) is 0 Å². The molecule has 1 saturated heterocycles. The van der Waals surface area contributed by atoms with E-state index in [1.54, 1.807) is 13.8 Å². The van der Waals surface area contributed by atoms with Crippen molar-refractivity contribution in [3.05, 3.63) is 11.8 Å². The third kappa shape index (κ3) is 2.28. The largest absolute Gasteiger partial charge is 0.495 e. The monoisotopic (exact) mass is 252 g/mol. The van der Waals surface area contributed by atoms with E-state index in [1.165, 1.54) is 0 Å². The molecule has 2 aliphatic rings. The molecule has 0 aromatic rings. The summed E-state index contributed by atoms with van der Waals surface area (Å²) in [6, 6.07) is 0. The lowest BCUT2D eigenvalue weighted by Gasteiger charge is -2.31. The van der Waals surface area contributed by atoms with Crippen molar-refractivity contribution in [3.8, 4) is 0 Å². The van der Waals surface area contributed by atoms with Crippen LogP contribution in [0.2, 0.25) is 0 Å². The Morgan fingerprint density at radius 3 is 2.47 bits per heavy atom. The molecule has 0 aromatic heterocycles. The summed E-state index contributed by atoms with van der Waals surface area (Å²) in [6.45, 7) is 5.04. The van der Waals surface area contributed by atoms with Crippen molar-refractivity contribution >= 4 is 0 Å². The highest BCUT2D eigenvalue weighted by Crippen LogP contribution is 2.43. The first-order valence-corrected chi connectivity index (χ1v) is 5.53. The minimum absolute atomic E-state index is 0.395. The Balaban J connectivity index is 2.31. The minimum Gasteiger partial charge on any atom is -0.495 e. The highest BCUT2D eigenvalue weighted by Gasteiger charge is 2.55. The second kappa shape index (κ2) is 3.88. The molecule has 3 nitrogen and oxygen atoms in total. The third-order valence-electron chi connectivity index (χ3n) is 2.90. The highest BCUT2D eigenvalue weighted by atomic mass is 19.4. The molecule has 98 valence electrons. The average molecular weight is 252 g/mol. The Kier molecular flexibility index (Phi) is 2.90. The van der Waals surface area contributed by atoms with Crippen LogP contribution in [0.1, 0.15) is 27.2 Å². The molecule has 0 aromatic carbocycles. The summed E-state index contributed by atoms with van der Waals surface area (Å²) >= 11 is 0. The number of hydrogen-bond acceptors (Lipinski definition) is 3. The predicted octanol–water partition coefficient (Wildman–Crippen LogP) is 2.76. The van der Waals surface area contributed by atoms with Crippen molar-refractivity contribution < 1.29 is 27.4 Å². The van der Waals surface area contributed by atoms with Gasteiger partial charge in [-0.05, 0) is 20.3 Å². The van der Waals surface area contributed by atoms with Gasteiger partial charge in [0, 0.05) is 0 Å². The molecule has 6 heteroatoms. The summed E-state index contributed by atoms with van der Waals surface area (Å²) in [5.41, 5.74) is -0.808. The zero-order valence-electron chi connectivity index (χ0n) is 9.88. The Labute approximate surface area is 97.5 Å². The first-order valence-electron chi connectivity index (χ1n) is 5.53. The van der Waals surface area contributed by atoms with Crippen LogP contribution >= 0.6 is 0 Å². The first kappa shape index (κ1) is 12.7. The summed E-state index contributed by atoms with van der Waals surface area (Å²) in [6.07, 6.45) is -5.30. The maximum atomic E-state index is 12.8. The fourth-order valence-corrected chi connectivity index (χ4v) is 2.16. The van der Waals surface area contributed by atoms with Crippen LogP contribution in [0.25, 0.3) is 0 Å². The smallest absolute Gasteiger partial charge is 0.418 e. The summed E-state index contributed by atoms with van der Waals surface area (Å²) in [5.74, 6) is -1.01. The van der Waals surface area contributed by atoms with Crippen molar-refractivity contribution in [2.45, 2.75) is 57.5 Å². The first-order chi connectivity index (χ1) is 7.74. The number of alkyl halides is 3. The summed E-state index contributed by atoms with van der Waals surface area (Å²) in [7, 11) is 0. The molecule has 2 heterocycles. The normalized spacial score (nSPS) is 36.1. The molecule has 0 bridgehead atoms. The van der Waals surface area contributed by atoms with Gasteiger partial charge < -0.3 is 14.2 Å². The van der Waals surface area contributed by atoms with Crippen LogP contribution in [0.5, 0.6) is 0 Å². The molecular formula is C11H15F3O3. The molecule has 0 unspecified atom stereocenters. The lowest BCUT2D eigenvalue weighted by atomic mass is 9.97. The van der Waals surface area contributed by atoms with Gasteiger partial charge in [0.1, 0.15) is 18.3 Å². The molecule has 2 aliphatic heterocycles. The van der Waals surface area contributed by atoms with Crippen molar-refractivity contribution in [3.63, 3.8) is 0 Å². The zero-order valence-corrected chi connectivity index (χ0v) is 9.88. The molecule has 0 aliphatic carbocycles. The van der Waals surface area contributed by atoms with Gasteiger partial charge in [-0.3, -0.25) is 0 Å². The van der Waals surface area contributed by atoms with Gasteiger partial charge in [0.05, 0.1) is 11.8 Å². The molecule has 0 amide bonds. The number of ether oxygens (including phenoxy) is 3. The maximum Gasteiger partial charge on any atom is 0.418 e. The standard InChI is InChI=1S/C11H15F3O3/c1-4-7-9-8(16-10(2,3)17-9)6(5-15-7)11(12,13)14/h5,7-9H,4H2,1-3H3/t7-,8-,9+/m1/s1. The molecule has 1 fully saturated rings. The topological polar surface area (TPSA) is 27.7 Å². The molecule has 2 rings (SSSR count). The van der Waals surface area contributed by atoms with E-state index in [-0.39, 0.29) is 0 Å². The second-order valence-corrected chi connectivity index (χ2v) is 4.67. The van der Waals surface area contributed by atoms with Gasteiger partial charge in [-0.1, -0.05) is 6.92 Å². The van der Waals surface area contributed by atoms with E-state index in [0.29, 0.717) is 6.42 Å². The van der Waals surface area contributed by atoms with Crippen LogP contribution < -0.4 is 0 Å². The summed E-state index contributed by atoms with van der Waals surface area (Å²) in [5, 5.41) is 0. The van der Waals surface area contributed by atoms with Crippen molar-refractivity contribution in [2.24, 2.45) is 0 Å². The number of hydrogen-bond donors (Lipinski definition) is 0. The second-order valence-electron chi connectivity index (χ2n) is 4.67. The molecule has 0 N–H and O–H groups in total. The summed E-state index contributed by atoms with van der Waals surface area (Å²) in [4.78, 5) is 0. The van der Waals surface area contributed by atoms with E-state index in [4.69, 9.17) is 14.2 Å². The number of rotatable bonds is 1. The van der Waals surface area contributed by atoms with Crippen LogP contribution in [-0.4, -0.2) is 30.3 Å². The van der Waals surface area contributed by atoms with E-state index in [0.717, 1.165) is 6.26 Å². The molecule has 0 saturated carbocycles. The van der Waals surface area contributed by atoms with Crippen LogP contribution in [0.3, 0.4) is 0 Å². The fraction of sp³-hybridized carbons (Fsp3) is 0.818. The van der Waals surface area contributed by atoms with Crippen molar-refractivity contribution in [2.75, 3.05) is 0 Å². The molecule has 17 heavy (non-hydrogen) atoms. The SMILES string of the molecule is CC[C@H]1OC=C(C(F)(F)F)[C@H]2OC(C)(C)O[C@H]21. The van der Waals surface area contributed by atoms with Crippen LogP contribution in [0.15, 0.2) is 11.8 Å². The van der Waals surface area contributed by atoms with E-state index < -0.39 is 35.8 Å². The molecule has 0 spiro atoms. The Hall–Kier alpha value is -0.750. The van der Waals surface area contributed by atoms with Crippen molar-refractivity contribution in [1.29, 1.82) is 0 Å². The average Bonchev–Trinajstić information content (AvgIpc) is 2.48. The van der Waals surface area contributed by atoms with Gasteiger partial charge >= 0.3 is 6.18 Å². The Morgan fingerprint density at radius 1 is 1.29 bits per heavy atom. The van der Waals surface area contributed by atoms with Gasteiger partial charge in [0.15, 0.2) is 5.79 Å². The highest BCUT2D eigenvalue weighted by molar-refractivity contribution is 5.20. The lowest BCUT2D eigenvalue weighted by molar-refractivity contribution is -0.154. The third-order valence-corrected chi connectivity index (χ3v) is 2.90. The predicted molar refractivity (Wildman–Crippen MR) is 53.1 cm³/mol. The molecule has 0 radical (unpaired) electrons. The van der Waals surface area contributed by atoms with E-state index in [1.807, 2.05) is 6.92 Å². The van der Waals surface area contributed by atoms with Crippen LogP contribution in [0.4, 0.5) is 13.2 Å². The van der Waals surface area contributed by atoms with Gasteiger partial charge in [-0.2, -0.15) is 13.2 Å². The number of fused-ring (bicyclic) bond motifs is 1. The van der Waals surface area contributed by atoms with Gasteiger partial charge in [-0.15, -0.1) is 0 Å². The van der Waals surface area contributed by atoms with E-state index in [2.05, 4.69) is 0 Å². The van der Waals surface area contributed by atoms with Crippen LogP contribution in [-0.2, 0) is 14.2 Å². The van der Waals surface area contributed by atoms with Gasteiger partial charge in [-0.25, -0.2) is 0 Å². The number of halogens is 3. The van der Waals surface area contributed by atoms with E-state index >= 15 is 0 Å². The Morgan fingerprint density at radius 2 is 1.94 bits per heavy atom. The minimum atomic E-state index is -4.45. The lowest BCUT2D eigenvalue weighted by Crippen LogP contribution is -2.43. The quantitative estimate of drug-likeness (QED) is 0.718. The summed E-state index contributed by atoms with van der Waals surface area (Å²) < 4.78 is 54.2. The molecular weight excluding hydrogens is 237 g/mol. The Bertz CT molecular complexity index is 335. The molecule has 3 atom stereocenters. The maximum absolute atomic E-state index is 12.8. The van der Waals surface area contributed by atoms with E-state index in [9.17, 15) is 13.2 Å².